The van der Waals surface area contributed by atoms with Crippen LogP contribution in [-0.2, 0) is 6.54 Å². The molecule has 1 aromatic heterocycles. The number of carbonyl (C=O) groups excluding carboxylic acids is 1. The maximum atomic E-state index is 12.1. The van der Waals surface area contributed by atoms with Gasteiger partial charge in [0.05, 0.1) is 16.4 Å². The smallest absolute Gasteiger partial charge is 0.257 e. The third-order valence-corrected chi connectivity index (χ3v) is 3.72. The van der Waals surface area contributed by atoms with E-state index in [2.05, 4.69) is 0 Å². The van der Waals surface area contributed by atoms with Gasteiger partial charge in [-0.1, -0.05) is 23.7 Å². The molecule has 3 nitrogen and oxygen atoms in total. The molecule has 0 atom stereocenters. The van der Waals surface area contributed by atoms with Crippen molar-refractivity contribution in [3.8, 4) is 5.75 Å². The lowest BCUT2D eigenvalue weighted by molar-refractivity contribution is 0.0783. The van der Waals surface area contributed by atoms with Crippen LogP contribution in [0.15, 0.2) is 36.4 Å². The highest BCUT2D eigenvalue weighted by molar-refractivity contribution is 7.16. The average molecular weight is 282 g/mol. The van der Waals surface area contributed by atoms with Crippen molar-refractivity contribution < 1.29 is 9.90 Å². The fraction of sp³-hybridized carbons (Fsp3) is 0.154. The van der Waals surface area contributed by atoms with Gasteiger partial charge < -0.3 is 10.0 Å². The Morgan fingerprint density at radius 3 is 2.67 bits per heavy atom. The monoisotopic (exact) mass is 281 g/mol. The van der Waals surface area contributed by atoms with Crippen LogP contribution >= 0.6 is 22.9 Å². The average Bonchev–Trinajstić information content (AvgIpc) is 2.74. The first-order valence-electron chi connectivity index (χ1n) is 5.35. The van der Waals surface area contributed by atoms with Crippen molar-refractivity contribution in [1.29, 1.82) is 0 Å². The third-order valence-electron chi connectivity index (χ3n) is 2.50. The Morgan fingerprint density at radius 2 is 2.06 bits per heavy atom. The van der Waals surface area contributed by atoms with Crippen molar-refractivity contribution in [2.75, 3.05) is 7.05 Å². The number of phenolic OH excluding ortho intramolecular Hbond substituents is 1. The Balaban J connectivity index is 2.12. The summed E-state index contributed by atoms with van der Waals surface area (Å²) in [6, 6.07) is 10.2. The number of halogens is 1. The SMILES string of the molecule is CN(Cc1ccc(Cl)s1)C(=O)c1ccccc1O. The van der Waals surface area contributed by atoms with Gasteiger partial charge in [-0.05, 0) is 24.3 Å². The molecule has 5 heteroatoms. The van der Waals surface area contributed by atoms with E-state index >= 15 is 0 Å². The predicted molar refractivity (Wildman–Crippen MR) is 73.2 cm³/mol. The highest BCUT2D eigenvalue weighted by Gasteiger charge is 2.15. The molecular weight excluding hydrogens is 270 g/mol. The molecule has 18 heavy (non-hydrogen) atoms. The minimum atomic E-state index is -0.211. The molecule has 94 valence electrons. The first-order chi connectivity index (χ1) is 8.58. The number of amides is 1. The van der Waals surface area contributed by atoms with Crippen LogP contribution in [0.3, 0.4) is 0 Å². The van der Waals surface area contributed by atoms with Crippen molar-refractivity contribution in [2.45, 2.75) is 6.54 Å². The van der Waals surface area contributed by atoms with Gasteiger partial charge in [-0.25, -0.2) is 0 Å². The van der Waals surface area contributed by atoms with E-state index in [1.165, 1.54) is 17.4 Å². The van der Waals surface area contributed by atoms with Crippen LogP contribution in [0.4, 0.5) is 0 Å². The lowest BCUT2D eigenvalue weighted by Crippen LogP contribution is -2.25. The van der Waals surface area contributed by atoms with Crippen molar-refractivity contribution in [2.24, 2.45) is 0 Å². The maximum Gasteiger partial charge on any atom is 0.257 e. The number of thiophene rings is 1. The minimum Gasteiger partial charge on any atom is -0.507 e. The summed E-state index contributed by atoms with van der Waals surface area (Å²) in [5.41, 5.74) is 0.308. The van der Waals surface area contributed by atoms with Gasteiger partial charge in [0, 0.05) is 11.9 Å². The molecular formula is C13H12ClNO2S. The summed E-state index contributed by atoms with van der Waals surface area (Å²) in [4.78, 5) is 14.7. The van der Waals surface area contributed by atoms with E-state index in [1.54, 1.807) is 36.2 Å². The quantitative estimate of drug-likeness (QED) is 0.937. The fourth-order valence-electron chi connectivity index (χ4n) is 1.60. The van der Waals surface area contributed by atoms with Gasteiger partial charge in [-0.3, -0.25) is 4.79 Å². The molecule has 0 bridgehead atoms. The maximum absolute atomic E-state index is 12.1. The normalized spacial score (nSPS) is 10.3. The molecule has 0 unspecified atom stereocenters. The second kappa shape index (κ2) is 5.42. The lowest BCUT2D eigenvalue weighted by Gasteiger charge is -2.16. The van der Waals surface area contributed by atoms with Gasteiger partial charge in [-0.2, -0.15) is 0 Å². The summed E-state index contributed by atoms with van der Waals surface area (Å²) in [6.07, 6.45) is 0. The Bertz CT molecular complexity index is 568. The van der Waals surface area contributed by atoms with E-state index in [1.807, 2.05) is 6.07 Å². The molecule has 0 spiro atoms. The van der Waals surface area contributed by atoms with E-state index in [-0.39, 0.29) is 11.7 Å². The first kappa shape index (κ1) is 12.9. The van der Waals surface area contributed by atoms with Gasteiger partial charge in [0.25, 0.3) is 5.91 Å². The van der Waals surface area contributed by atoms with Crippen LogP contribution in [-0.4, -0.2) is 23.0 Å². The third kappa shape index (κ3) is 2.83. The molecule has 2 rings (SSSR count). The second-order valence-corrected chi connectivity index (χ2v) is 5.68. The number of aromatic hydroxyl groups is 1. The van der Waals surface area contributed by atoms with Crippen LogP contribution in [0, 0.1) is 0 Å². The fourth-order valence-corrected chi connectivity index (χ4v) is 2.74. The van der Waals surface area contributed by atoms with Gasteiger partial charge in [-0.15, -0.1) is 11.3 Å². The largest absolute Gasteiger partial charge is 0.507 e. The van der Waals surface area contributed by atoms with Gasteiger partial charge in [0.1, 0.15) is 5.75 Å². The van der Waals surface area contributed by atoms with Gasteiger partial charge in [0.2, 0.25) is 0 Å². The van der Waals surface area contributed by atoms with Crippen molar-refractivity contribution in [3.63, 3.8) is 0 Å². The van der Waals surface area contributed by atoms with Crippen LogP contribution in [0.5, 0.6) is 5.75 Å². The highest BCUT2D eigenvalue weighted by atomic mass is 35.5. The molecule has 1 heterocycles. The number of para-hydroxylation sites is 1. The number of carbonyl (C=O) groups is 1. The van der Waals surface area contributed by atoms with Crippen LogP contribution in [0.2, 0.25) is 4.34 Å². The van der Waals surface area contributed by atoms with E-state index in [4.69, 9.17) is 11.6 Å². The molecule has 0 saturated heterocycles. The molecule has 0 aliphatic heterocycles. The number of benzene rings is 1. The highest BCUT2D eigenvalue weighted by Crippen LogP contribution is 2.24. The first-order valence-corrected chi connectivity index (χ1v) is 6.55. The molecule has 0 aliphatic rings. The molecule has 1 N–H and O–H groups in total. The van der Waals surface area contributed by atoms with E-state index in [0.29, 0.717) is 16.4 Å². The number of rotatable bonds is 3. The predicted octanol–water partition coefficient (Wildman–Crippen LogP) is 3.38. The molecule has 1 amide bonds. The Kier molecular flexibility index (Phi) is 3.89. The standard InChI is InChI=1S/C13H12ClNO2S/c1-15(8-9-6-7-12(14)18-9)13(17)10-4-2-3-5-11(10)16/h2-7,16H,8H2,1H3. The van der Waals surface area contributed by atoms with Crippen molar-refractivity contribution >= 4 is 28.8 Å². The Hall–Kier alpha value is -1.52. The van der Waals surface area contributed by atoms with Crippen molar-refractivity contribution in [1.82, 2.24) is 4.90 Å². The number of hydrogen-bond acceptors (Lipinski definition) is 3. The van der Waals surface area contributed by atoms with Gasteiger partial charge in [0.15, 0.2) is 0 Å². The Morgan fingerprint density at radius 1 is 1.33 bits per heavy atom. The summed E-state index contributed by atoms with van der Waals surface area (Å²) in [5, 5.41) is 9.63. The van der Waals surface area contributed by atoms with Crippen molar-refractivity contribution in [3.05, 3.63) is 51.2 Å². The molecule has 0 fully saturated rings. The number of hydrogen-bond donors (Lipinski definition) is 1. The summed E-state index contributed by atoms with van der Waals surface area (Å²) in [6.45, 7) is 0.477. The van der Waals surface area contributed by atoms with E-state index in [9.17, 15) is 9.90 Å². The van der Waals surface area contributed by atoms with E-state index < -0.39 is 0 Å². The summed E-state index contributed by atoms with van der Waals surface area (Å²) < 4.78 is 0.702. The number of phenols is 1. The summed E-state index contributed by atoms with van der Waals surface area (Å²) in [5.74, 6) is -0.212. The van der Waals surface area contributed by atoms with Crippen LogP contribution in [0.25, 0.3) is 0 Å². The summed E-state index contributed by atoms with van der Waals surface area (Å²) in [7, 11) is 1.70. The summed E-state index contributed by atoms with van der Waals surface area (Å²) >= 11 is 7.28. The molecule has 0 saturated carbocycles. The zero-order valence-corrected chi connectivity index (χ0v) is 11.3. The molecule has 1 aromatic carbocycles. The Labute approximate surface area is 114 Å². The van der Waals surface area contributed by atoms with Crippen LogP contribution in [0.1, 0.15) is 15.2 Å². The zero-order valence-electron chi connectivity index (χ0n) is 9.76. The topological polar surface area (TPSA) is 40.5 Å². The van der Waals surface area contributed by atoms with E-state index in [0.717, 1.165) is 4.88 Å². The number of nitrogens with zero attached hydrogens (tertiary/aromatic N) is 1. The molecule has 0 aliphatic carbocycles. The molecule has 2 aromatic rings. The lowest BCUT2D eigenvalue weighted by atomic mass is 10.2. The minimum absolute atomic E-state index is 0.00133. The molecule has 0 radical (unpaired) electrons. The second-order valence-electron chi connectivity index (χ2n) is 3.88. The van der Waals surface area contributed by atoms with Gasteiger partial charge >= 0.3 is 0 Å². The van der Waals surface area contributed by atoms with Crippen LogP contribution < -0.4 is 0 Å². The zero-order chi connectivity index (χ0) is 13.1.